The lowest BCUT2D eigenvalue weighted by atomic mass is 10.1. The minimum atomic E-state index is -0.124. The Morgan fingerprint density at radius 3 is 2.75 bits per heavy atom. The summed E-state index contributed by atoms with van der Waals surface area (Å²) in [6, 6.07) is 0.297. The number of hydrogen-bond donors (Lipinski definition) is 1. The maximum Gasteiger partial charge on any atom is 0.228 e. The Labute approximate surface area is 121 Å². The molecule has 2 fully saturated rings. The van der Waals surface area contributed by atoms with Crippen LogP contribution in [0.15, 0.2) is 0 Å². The van der Waals surface area contributed by atoms with Gasteiger partial charge < -0.3 is 15.1 Å². The average Bonchev–Trinajstić information content (AvgIpc) is 2.68. The van der Waals surface area contributed by atoms with Crippen molar-refractivity contribution in [2.75, 3.05) is 32.7 Å². The SMILES string of the molecule is CCC(CC)N1CC(C(=O)N2CCCNCC2)CC1=O. The smallest absolute Gasteiger partial charge is 0.228 e. The maximum atomic E-state index is 12.6. The molecule has 0 aromatic rings. The number of likely N-dealkylation sites (tertiary alicyclic amines) is 1. The zero-order valence-corrected chi connectivity index (χ0v) is 12.7. The minimum Gasteiger partial charge on any atom is -0.341 e. The second-order valence-electron chi connectivity index (χ2n) is 5.85. The molecule has 0 aromatic carbocycles. The van der Waals surface area contributed by atoms with Crippen molar-refractivity contribution in [2.24, 2.45) is 5.92 Å². The van der Waals surface area contributed by atoms with E-state index in [4.69, 9.17) is 0 Å². The van der Waals surface area contributed by atoms with Gasteiger partial charge in [-0.3, -0.25) is 9.59 Å². The van der Waals surface area contributed by atoms with E-state index in [0.29, 0.717) is 19.0 Å². The molecule has 1 N–H and O–H groups in total. The van der Waals surface area contributed by atoms with E-state index >= 15 is 0 Å². The molecule has 2 aliphatic rings. The zero-order valence-electron chi connectivity index (χ0n) is 12.7. The molecule has 0 radical (unpaired) electrons. The second kappa shape index (κ2) is 7.07. The number of hydrogen-bond acceptors (Lipinski definition) is 3. The van der Waals surface area contributed by atoms with Crippen LogP contribution in [0, 0.1) is 5.92 Å². The Bertz CT molecular complexity index is 347. The summed E-state index contributed by atoms with van der Waals surface area (Å²) in [5.41, 5.74) is 0. The molecule has 2 rings (SSSR count). The van der Waals surface area contributed by atoms with Crippen molar-refractivity contribution < 1.29 is 9.59 Å². The van der Waals surface area contributed by atoms with Crippen LogP contribution in [0.25, 0.3) is 0 Å². The predicted molar refractivity (Wildman–Crippen MR) is 78.3 cm³/mol. The highest BCUT2D eigenvalue weighted by Gasteiger charge is 2.38. The van der Waals surface area contributed by atoms with Gasteiger partial charge in [-0.2, -0.15) is 0 Å². The molecule has 0 aliphatic carbocycles. The second-order valence-corrected chi connectivity index (χ2v) is 5.85. The number of carbonyl (C=O) groups excluding carboxylic acids is 2. The van der Waals surface area contributed by atoms with Crippen molar-refractivity contribution in [1.82, 2.24) is 15.1 Å². The molecule has 0 spiro atoms. The van der Waals surface area contributed by atoms with Crippen LogP contribution in [0.4, 0.5) is 0 Å². The molecule has 2 saturated heterocycles. The van der Waals surface area contributed by atoms with Crippen LogP contribution in [0.5, 0.6) is 0 Å². The number of nitrogens with zero attached hydrogens (tertiary/aromatic N) is 2. The van der Waals surface area contributed by atoms with E-state index in [2.05, 4.69) is 19.2 Å². The molecular formula is C15H27N3O2. The summed E-state index contributed by atoms with van der Waals surface area (Å²) in [5.74, 6) is 0.210. The van der Waals surface area contributed by atoms with Crippen molar-refractivity contribution in [3.8, 4) is 0 Å². The van der Waals surface area contributed by atoms with E-state index < -0.39 is 0 Å². The summed E-state index contributed by atoms with van der Waals surface area (Å²) in [5, 5.41) is 3.31. The predicted octanol–water partition coefficient (Wildman–Crippen LogP) is 0.845. The van der Waals surface area contributed by atoms with Gasteiger partial charge in [0.2, 0.25) is 11.8 Å². The first-order valence-electron chi connectivity index (χ1n) is 7.96. The molecule has 2 heterocycles. The Kier molecular flexibility index (Phi) is 5.40. The van der Waals surface area contributed by atoms with Crippen LogP contribution < -0.4 is 5.32 Å². The molecule has 2 aliphatic heterocycles. The van der Waals surface area contributed by atoms with Gasteiger partial charge in [-0.25, -0.2) is 0 Å². The molecule has 0 saturated carbocycles. The number of carbonyl (C=O) groups is 2. The Hall–Kier alpha value is -1.10. The first-order valence-corrected chi connectivity index (χ1v) is 7.96. The quantitative estimate of drug-likeness (QED) is 0.831. The lowest BCUT2D eigenvalue weighted by Crippen LogP contribution is -2.40. The van der Waals surface area contributed by atoms with Crippen LogP contribution in [0.2, 0.25) is 0 Å². The molecule has 5 heteroatoms. The summed E-state index contributed by atoms with van der Waals surface area (Å²) in [7, 11) is 0. The lowest BCUT2D eigenvalue weighted by molar-refractivity contribution is -0.135. The first kappa shape index (κ1) is 15.3. The van der Waals surface area contributed by atoms with Gasteiger partial charge in [-0.05, 0) is 25.8 Å². The number of nitrogens with one attached hydrogen (secondary N) is 1. The standard InChI is InChI=1S/C15H27N3O2/c1-3-13(4-2)18-11-12(10-14(18)19)15(20)17-8-5-6-16-7-9-17/h12-13,16H,3-11H2,1-2H3. The summed E-state index contributed by atoms with van der Waals surface area (Å²) in [6.45, 7) is 8.27. The van der Waals surface area contributed by atoms with E-state index in [-0.39, 0.29) is 17.7 Å². The lowest BCUT2D eigenvalue weighted by Gasteiger charge is -2.27. The fourth-order valence-corrected chi connectivity index (χ4v) is 3.30. The van der Waals surface area contributed by atoms with E-state index in [1.54, 1.807) is 0 Å². The number of amides is 2. The highest BCUT2D eigenvalue weighted by molar-refractivity contribution is 5.89. The van der Waals surface area contributed by atoms with Gasteiger partial charge in [0.1, 0.15) is 0 Å². The molecular weight excluding hydrogens is 254 g/mol. The summed E-state index contributed by atoms with van der Waals surface area (Å²) >= 11 is 0. The van der Waals surface area contributed by atoms with Crippen molar-refractivity contribution in [2.45, 2.75) is 45.6 Å². The third-order valence-corrected chi connectivity index (χ3v) is 4.54. The Morgan fingerprint density at radius 2 is 2.05 bits per heavy atom. The highest BCUT2D eigenvalue weighted by Crippen LogP contribution is 2.24. The molecule has 1 unspecified atom stereocenters. The van der Waals surface area contributed by atoms with Crippen LogP contribution >= 0.6 is 0 Å². The van der Waals surface area contributed by atoms with E-state index in [9.17, 15) is 9.59 Å². The van der Waals surface area contributed by atoms with Crippen LogP contribution in [-0.4, -0.2) is 60.4 Å². The minimum absolute atomic E-state index is 0.124. The van der Waals surface area contributed by atoms with Gasteiger partial charge in [-0.15, -0.1) is 0 Å². The van der Waals surface area contributed by atoms with Crippen molar-refractivity contribution >= 4 is 11.8 Å². The fraction of sp³-hybridized carbons (Fsp3) is 0.867. The average molecular weight is 281 g/mol. The van der Waals surface area contributed by atoms with Gasteiger partial charge in [0.15, 0.2) is 0 Å². The largest absolute Gasteiger partial charge is 0.341 e. The zero-order chi connectivity index (χ0) is 14.5. The van der Waals surface area contributed by atoms with Crippen LogP contribution in [0.3, 0.4) is 0 Å². The van der Waals surface area contributed by atoms with Crippen LogP contribution in [0.1, 0.15) is 39.5 Å². The topological polar surface area (TPSA) is 52.7 Å². The Morgan fingerprint density at radius 1 is 1.30 bits per heavy atom. The van der Waals surface area contributed by atoms with Crippen LogP contribution in [-0.2, 0) is 9.59 Å². The molecule has 0 bridgehead atoms. The third-order valence-electron chi connectivity index (χ3n) is 4.54. The van der Waals surface area contributed by atoms with Gasteiger partial charge in [0.25, 0.3) is 0 Å². The van der Waals surface area contributed by atoms with Crippen molar-refractivity contribution in [1.29, 1.82) is 0 Å². The highest BCUT2D eigenvalue weighted by atomic mass is 16.2. The summed E-state index contributed by atoms with van der Waals surface area (Å²) in [6.07, 6.45) is 3.34. The Balaban J connectivity index is 1.96. The van der Waals surface area contributed by atoms with Gasteiger partial charge in [0.05, 0.1) is 5.92 Å². The van der Waals surface area contributed by atoms with Gasteiger partial charge >= 0.3 is 0 Å². The maximum absolute atomic E-state index is 12.6. The van der Waals surface area contributed by atoms with E-state index in [0.717, 1.165) is 45.4 Å². The molecule has 1 atom stereocenters. The van der Waals surface area contributed by atoms with Gasteiger partial charge in [0, 0.05) is 38.6 Å². The molecule has 114 valence electrons. The van der Waals surface area contributed by atoms with E-state index in [1.165, 1.54) is 0 Å². The molecule has 5 nitrogen and oxygen atoms in total. The summed E-state index contributed by atoms with van der Waals surface area (Å²) < 4.78 is 0. The molecule has 20 heavy (non-hydrogen) atoms. The van der Waals surface area contributed by atoms with E-state index in [1.807, 2.05) is 9.80 Å². The fourth-order valence-electron chi connectivity index (χ4n) is 3.30. The first-order chi connectivity index (χ1) is 9.67. The molecule has 2 amide bonds. The normalized spacial score (nSPS) is 24.4. The monoisotopic (exact) mass is 281 g/mol. The third kappa shape index (κ3) is 3.32. The summed E-state index contributed by atoms with van der Waals surface area (Å²) in [4.78, 5) is 28.6. The number of rotatable bonds is 4. The van der Waals surface area contributed by atoms with Crippen molar-refractivity contribution in [3.63, 3.8) is 0 Å². The molecule has 0 aromatic heterocycles. The van der Waals surface area contributed by atoms with Crippen molar-refractivity contribution in [3.05, 3.63) is 0 Å². The van der Waals surface area contributed by atoms with Gasteiger partial charge in [-0.1, -0.05) is 13.8 Å².